The molecule has 2 aromatic carbocycles. The second-order valence-corrected chi connectivity index (χ2v) is 6.50. The minimum absolute atomic E-state index is 0.000629. The third-order valence-electron chi connectivity index (χ3n) is 4.37. The molecule has 0 saturated carbocycles. The van der Waals surface area contributed by atoms with Crippen molar-refractivity contribution in [3.05, 3.63) is 58.7 Å². The molecule has 1 aliphatic rings. The first-order valence-electron chi connectivity index (χ1n) is 8.78. The first kappa shape index (κ1) is 18.0. The maximum Gasteiger partial charge on any atom is 0.220 e. The fraction of sp³-hybridized carbons (Fsp3) is 0.333. The molecular formula is C21H23NO4. The summed E-state index contributed by atoms with van der Waals surface area (Å²) in [6, 6.07) is 11.4. The molecule has 0 aliphatic carbocycles. The van der Waals surface area contributed by atoms with Crippen molar-refractivity contribution in [1.29, 1.82) is 0 Å². The lowest BCUT2D eigenvalue weighted by Crippen LogP contribution is -2.23. The number of hydrogen-bond donors (Lipinski definition) is 1. The zero-order valence-electron chi connectivity index (χ0n) is 15.1. The molecule has 1 aliphatic heterocycles. The first-order chi connectivity index (χ1) is 12.5. The van der Waals surface area contributed by atoms with Gasteiger partial charge in [0.15, 0.2) is 17.3 Å². The number of ketones is 1. The van der Waals surface area contributed by atoms with E-state index in [2.05, 4.69) is 5.32 Å². The molecule has 3 rings (SSSR count). The van der Waals surface area contributed by atoms with E-state index < -0.39 is 0 Å². The number of nitrogens with one attached hydrogen (secondary N) is 1. The van der Waals surface area contributed by atoms with Crippen LogP contribution in [0.25, 0.3) is 0 Å². The molecule has 0 bridgehead atoms. The maximum absolute atomic E-state index is 12.3. The van der Waals surface area contributed by atoms with Gasteiger partial charge in [-0.2, -0.15) is 0 Å². The minimum atomic E-state index is -0.140. The number of carbonyl (C=O) groups is 2. The van der Waals surface area contributed by atoms with Crippen LogP contribution in [0.3, 0.4) is 0 Å². The van der Waals surface area contributed by atoms with Gasteiger partial charge in [0.05, 0.1) is 0 Å². The predicted octanol–water partition coefficient (Wildman–Crippen LogP) is 3.35. The molecule has 0 atom stereocenters. The molecule has 26 heavy (non-hydrogen) atoms. The van der Waals surface area contributed by atoms with Gasteiger partial charge in [-0.1, -0.05) is 23.8 Å². The van der Waals surface area contributed by atoms with E-state index in [-0.39, 0.29) is 24.5 Å². The molecule has 0 spiro atoms. The van der Waals surface area contributed by atoms with Crippen molar-refractivity contribution in [2.75, 3.05) is 13.2 Å². The van der Waals surface area contributed by atoms with Gasteiger partial charge in [0.1, 0.15) is 13.2 Å². The molecule has 1 N–H and O–H groups in total. The van der Waals surface area contributed by atoms with Crippen LogP contribution in [0.5, 0.6) is 11.5 Å². The molecule has 0 radical (unpaired) electrons. The first-order valence-corrected chi connectivity index (χ1v) is 8.78. The van der Waals surface area contributed by atoms with E-state index in [1.54, 1.807) is 0 Å². The summed E-state index contributed by atoms with van der Waals surface area (Å²) in [6.07, 6.45) is 0.383. The summed E-state index contributed by atoms with van der Waals surface area (Å²) in [5.41, 5.74) is 3.62. The summed E-state index contributed by atoms with van der Waals surface area (Å²) in [5.74, 6) is 1.29. The molecule has 1 amide bonds. The zero-order chi connectivity index (χ0) is 18.5. The highest BCUT2D eigenvalue weighted by Gasteiger charge is 2.14. The Morgan fingerprint density at radius 2 is 1.73 bits per heavy atom. The van der Waals surface area contributed by atoms with Gasteiger partial charge in [0.25, 0.3) is 0 Å². The Bertz CT molecular complexity index is 829. The lowest BCUT2D eigenvalue weighted by molar-refractivity contribution is -0.121. The van der Waals surface area contributed by atoms with E-state index in [0.717, 1.165) is 22.4 Å². The smallest absolute Gasteiger partial charge is 0.220 e. The number of ether oxygens (including phenoxy) is 2. The van der Waals surface area contributed by atoms with Crippen molar-refractivity contribution in [2.24, 2.45) is 0 Å². The van der Waals surface area contributed by atoms with Gasteiger partial charge in [-0.05, 0) is 43.2 Å². The lowest BCUT2D eigenvalue weighted by Gasteiger charge is -2.19. The monoisotopic (exact) mass is 353 g/mol. The highest BCUT2D eigenvalue weighted by atomic mass is 16.6. The minimum Gasteiger partial charge on any atom is -0.486 e. The maximum atomic E-state index is 12.3. The van der Waals surface area contributed by atoms with Crippen LogP contribution in [0.1, 0.15) is 39.9 Å². The molecule has 0 saturated heterocycles. The van der Waals surface area contributed by atoms with Gasteiger partial charge in [0.2, 0.25) is 5.91 Å². The largest absolute Gasteiger partial charge is 0.486 e. The van der Waals surface area contributed by atoms with E-state index in [0.29, 0.717) is 31.1 Å². The summed E-state index contributed by atoms with van der Waals surface area (Å²) in [4.78, 5) is 24.4. The third-order valence-corrected chi connectivity index (χ3v) is 4.37. The number of fused-ring (bicyclic) bond motifs is 1. The molecular weight excluding hydrogens is 330 g/mol. The van der Waals surface area contributed by atoms with Crippen molar-refractivity contribution in [3.63, 3.8) is 0 Å². The molecule has 5 heteroatoms. The molecule has 136 valence electrons. The standard InChI is InChI=1S/C21H23NO4/c1-14-3-4-15(2)17(11-14)18(23)6-8-21(24)22-13-16-5-7-19-20(12-16)26-10-9-25-19/h3-5,7,11-12H,6,8-10,13H2,1-2H3,(H,22,24). The van der Waals surface area contributed by atoms with Crippen LogP contribution in [-0.2, 0) is 11.3 Å². The molecule has 0 unspecified atom stereocenters. The molecule has 2 aromatic rings. The Hall–Kier alpha value is -2.82. The molecule has 5 nitrogen and oxygen atoms in total. The van der Waals surface area contributed by atoms with Crippen LogP contribution in [0.2, 0.25) is 0 Å². The summed E-state index contributed by atoms with van der Waals surface area (Å²) in [7, 11) is 0. The van der Waals surface area contributed by atoms with Crippen molar-refractivity contribution in [3.8, 4) is 11.5 Å². The average Bonchev–Trinajstić information content (AvgIpc) is 2.66. The van der Waals surface area contributed by atoms with E-state index in [9.17, 15) is 9.59 Å². The fourth-order valence-electron chi connectivity index (χ4n) is 2.88. The highest BCUT2D eigenvalue weighted by molar-refractivity contribution is 5.99. The lowest BCUT2D eigenvalue weighted by atomic mass is 9.99. The van der Waals surface area contributed by atoms with Gasteiger partial charge in [-0.25, -0.2) is 0 Å². The van der Waals surface area contributed by atoms with E-state index in [1.165, 1.54) is 0 Å². The number of carbonyl (C=O) groups excluding carboxylic acids is 2. The van der Waals surface area contributed by atoms with Gasteiger partial charge >= 0.3 is 0 Å². The van der Waals surface area contributed by atoms with Gasteiger partial charge in [0, 0.05) is 24.9 Å². The Morgan fingerprint density at radius 1 is 0.962 bits per heavy atom. The topological polar surface area (TPSA) is 64.6 Å². The van der Waals surface area contributed by atoms with Crippen LogP contribution in [-0.4, -0.2) is 24.9 Å². The average molecular weight is 353 g/mol. The second-order valence-electron chi connectivity index (χ2n) is 6.50. The summed E-state index contributed by atoms with van der Waals surface area (Å²) >= 11 is 0. The number of hydrogen-bond acceptors (Lipinski definition) is 4. The SMILES string of the molecule is Cc1ccc(C)c(C(=O)CCC(=O)NCc2ccc3c(c2)OCCO3)c1. The normalized spacial score (nSPS) is 12.5. The second kappa shape index (κ2) is 8.04. The van der Waals surface area contributed by atoms with Crippen molar-refractivity contribution < 1.29 is 19.1 Å². The Morgan fingerprint density at radius 3 is 2.54 bits per heavy atom. The molecule has 1 heterocycles. The van der Waals surface area contributed by atoms with Crippen LogP contribution < -0.4 is 14.8 Å². The number of aryl methyl sites for hydroxylation is 2. The van der Waals surface area contributed by atoms with Crippen LogP contribution in [0.15, 0.2) is 36.4 Å². The number of Topliss-reactive ketones (excluding diaryl/α,β-unsaturated/α-hetero) is 1. The highest BCUT2D eigenvalue weighted by Crippen LogP contribution is 2.30. The van der Waals surface area contributed by atoms with E-state index in [4.69, 9.17) is 9.47 Å². The molecule has 0 fully saturated rings. The Labute approximate surface area is 153 Å². The zero-order valence-corrected chi connectivity index (χ0v) is 15.1. The quantitative estimate of drug-likeness (QED) is 0.809. The Balaban J connectivity index is 1.50. The number of amides is 1. The summed E-state index contributed by atoms with van der Waals surface area (Å²) in [5, 5.41) is 2.85. The van der Waals surface area contributed by atoms with Crippen molar-refractivity contribution >= 4 is 11.7 Å². The number of benzene rings is 2. The van der Waals surface area contributed by atoms with E-state index >= 15 is 0 Å². The van der Waals surface area contributed by atoms with Gasteiger partial charge in [-0.3, -0.25) is 9.59 Å². The van der Waals surface area contributed by atoms with Crippen LogP contribution >= 0.6 is 0 Å². The van der Waals surface area contributed by atoms with Gasteiger partial charge in [-0.15, -0.1) is 0 Å². The Kier molecular flexibility index (Phi) is 5.56. The fourth-order valence-corrected chi connectivity index (χ4v) is 2.88. The van der Waals surface area contributed by atoms with Gasteiger partial charge < -0.3 is 14.8 Å². The number of rotatable bonds is 6. The van der Waals surface area contributed by atoms with Crippen molar-refractivity contribution in [1.82, 2.24) is 5.32 Å². The predicted molar refractivity (Wildman–Crippen MR) is 98.8 cm³/mol. The summed E-state index contributed by atoms with van der Waals surface area (Å²) in [6.45, 7) is 5.35. The summed E-state index contributed by atoms with van der Waals surface area (Å²) < 4.78 is 11.0. The third kappa shape index (κ3) is 4.42. The van der Waals surface area contributed by atoms with Crippen molar-refractivity contribution in [2.45, 2.75) is 33.2 Å². The van der Waals surface area contributed by atoms with E-state index in [1.807, 2.05) is 50.2 Å². The van der Waals surface area contributed by atoms with Crippen LogP contribution in [0, 0.1) is 13.8 Å². The molecule has 0 aromatic heterocycles. The van der Waals surface area contributed by atoms with Crippen LogP contribution in [0.4, 0.5) is 0 Å².